The number of hydrogen-bond acceptors (Lipinski definition) is 2. The highest BCUT2D eigenvalue weighted by atomic mass is 79.9. The van der Waals surface area contributed by atoms with Crippen molar-refractivity contribution in [3.63, 3.8) is 0 Å². The quantitative estimate of drug-likeness (QED) is 0.910. The molecule has 2 aromatic rings. The van der Waals surface area contributed by atoms with Gasteiger partial charge in [0.25, 0.3) is 0 Å². The molecule has 16 heavy (non-hydrogen) atoms. The van der Waals surface area contributed by atoms with E-state index in [2.05, 4.69) is 15.9 Å². The summed E-state index contributed by atoms with van der Waals surface area (Å²) in [5.74, 6) is -0.724. The summed E-state index contributed by atoms with van der Waals surface area (Å²) in [6.45, 7) is 0. The molecule has 1 aromatic heterocycles. The van der Waals surface area contributed by atoms with Gasteiger partial charge in [0.2, 0.25) is 5.76 Å². The first kappa shape index (κ1) is 11.2. The number of halogens is 2. The Bertz CT molecular complexity index is 548. The molecule has 3 nitrogen and oxygen atoms in total. The van der Waals surface area contributed by atoms with Crippen molar-refractivity contribution in [2.75, 3.05) is 0 Å². The molecular formula is C11H6BrClO3. The second-order valence-corrected chi connectivity index (χ2v) is 4.38. The molecule has 5 heteroatoms. The van der Waals surface area contributed by atoms with Gasteiger partial charge in [0.15, 0.2) is 0 Å². The van der Waals surface area contributed by atoms with Crippen LogP contribution >= 0.6 is 27.5 Å². The van der Waals surface area contributed by atoms with E-state index in [0.717, 1.165) is 10.0 Å². The number of rotatable bonds is 2. The molecule has 0 aliphatic carbocycles. The molecule has 0 atom stereocenters. The van der Waals surface area contributed by atoms with Crippen LogP contribution in [0.5, 0.6) is 0 Å². The van der Waals surface area contributed by atoms with Gasteiger partial charge in [-0.2, -0.15) is 0 Å². The minimum absolute atomic E-state index is 0.0955. The number of furan rings is 1. The molecule has 0 unspecified atom stereocenters. The van der Waals surface area contributed by atoms with Crippen molar-refractivity contribution in [1.82, 2.24) is 0 Å². The fourth-order valence-electron chi connectivity index (χ4n) is 1.28. The second kappa shape index (κ2) is 4.31. The van der Waals surface area contributed by atoms with Crippen LogP contribution in [0.25, 0.3) is 11.3 Å². The van der Waals surface area contributed by atoms with Gasteiger partial charge in [-0.1, -0.05) is 27.5 Å². The minimum atomic E-state index is -1.09. The lowest BCUT2D eigenvalue weighted by Gasteiger charge is -2.01. The predicted molar refractivity (Wildman–Crippen MR) is 63.8 cm³/mol. The van der Waals surface area contributed by atoms with Crippen LogP contribution in [0.1, 0.15) is 10.6 Å². The van der Waals surface area contributed by atoms with Gasteiger partial charge in [-0.3, -0.25) is 0 Å². The largest absolute Gasteiger partial charge is 0.475 e. The molecule has 0 radical (unpaired) electrons. The Kier molecular flexibility index (Phi) is 3.03. The fraction of sp³-hybridized carbons (Fsp3) is 0. The highest BCUT2D eigenvalue weighted by molar-refractivity contribution is 9.10. The number of benzene rings is 1. The van der Waals surface area contributed by atoms with Crippen LogP contribution in [0.2, 0.25) is 5.02 Å². The molecule has 1 aromatic carbocycles. The van der Waals surface area contributed by atoms with Crippen LogP contribution in [0.15, 0.2) is 39.2 Å². The standard InChI is InChI=1S/C11H6BrClO3/c12-8-2-1-6(13)5-7(8)9-3-4-10(16-9)11(14)15/h1-5H,(H,14,15). The number of carbonyl (C=O) groups is 1. The summed E-state index contributed by atoms with van der Waals surface area (Å²) in [6.07, 6.45) is 0. The van der Waals surface area contributed by atoms with Crippen molar-refractivity contribution < 1.29 is 14.3 Å². The van der Waals surface area contributed by atoms with Crippen molar-refractivity contribution in [2.24, 2.45) is 0 Å². The maximum absolute atomic E-state index is 10.7. The monoisotopic (exact) mass is 300 g/mol. The third kappa shape index (κ3) is 2.13. The summed E-state index contributed by atoms with van der Waals surface area (Å²) in [5, 5.41) is 9.30. The van der Waals surface area contributed by atoms with Gasteiger partial charge in [-0.15, -0.1) is 0 Å². The van der Waals surface area contributed by atoms with Crippen molar-refractivity contribution in [3.05, 3.63) is 45.6 Å². The normalized spacial score (nSPS) is 10.4. The molecule has 0 fully saturated rings. The molecule has 82 valence electrons. The van der Waals surface area contributed by atoms with Crippen LogP contribution < -0.4 is 0 Å². The molecule has 0 amide bonds. The van der Waals surface area contributed by atoms with E-state index in [1.165, 1.54) is 6.07 Å². The van der Waals surface area contributed by atoms with Crippen molar-refractivity contribution >= 4 is 33.5 Å². The Balaban J connectivity index is 2.50. The van der Waals surface area contributed by atoms with E-state index in [-0.39, 0.29) is 5.76 Å². The molecule has 0 aliphatic heterocycles. The van der Waals surface area contributed by atoms with E-state index in [0.29, 0.717) is 10.8 Å². The highest BCUT2D eigenvalue weighted by Crippen LogP contribution is 2.31. The summed E-state index contributed by atoms with van der Waals surface area (Å²) >= 11 is 9.20. The first-order chi connectivity index (χ1) is 7.58. The molecule has 0 saturated carbocycles. The van der Waals surface area contributed by atoms with Gasteiger partial charge >= 0.3 is 5.97 Å². The third-order valence-electron chi connectivity index (χ3n) is 2.01. The summed E-state index contributed by atoms with van der Waals surface area (Å²) in [4.78, 5) is 10.7. The van der Waals surface area contributed by atoms with Gasteiger partial charge < -0.3 is 9.52 Å². The van der Waals surface area contributed by atoms with Gasteiger partial charge in [-0.25, -0.2) is 4.79 Å². The average Bonchev–Trinajstić information content (AvgIpc) is 2.70. The SMILES string of the molecule is O=C(O)c1ccc(-c2cc(Cl)ccc2Br)o1. The van der Waals surface area contributed by atoms with Crippen LogP contribution in [0.4, 0.5) is 0 Å². The summed E-state index contributed by atoms with van der Waals surface area (Å²) in [6, 6.07) is 8.22. The van der Waals surface area contributed by atoms with Crippen molar-refractivity contribution in [1.29, 1.82) is 0 Å². The lowest BCUT2D eigenvalue weighted by molar-refractivity contribution is 0.0663. The minimum Gasteiger partial charge on any atom is -0.475 e. The van der Waals surface area contributed by atoms with E-state index in [1.54, 1.807) is 24.3 Å². The fourth-order valence-corrected chi connectivity index (χ4v) is 1.90. The van der Waals surface area contributed by atoms with E-state index < -0.39 is 5.97 Å². The molecule has 0 saturated heterocycles. The van der Waals surface area contributed by atoms with Crippen molar-refractivity contribution in [3.8, 4) is 11.3 Å². The molecule has 0 spiro atoms. The Morgan fingerprint density at radius 3 is 2.69 bits per heavy atom. The van der Waals surface area contributed by atoms with E-state index >= 15 is 0 Å². The third-order valence-corrected chi connectivity index (χ3v) is 2.94. The van der Waals surface area contributed by atoms with Gasteiger partial charge in [0.1, 0.15) is 5.76 Å². The zero-order valence-electron chi connectivity index (χ0n) is 7.91. The van der Waals surface area contributed by atoms with Crippen LogP contribution in [0.3, 0.4) is 0 Å². The lowest BCUT2D eigenvalue weighted by Crippen LogP contribution is -1.91. The average molecular weight is 302 g/mol. The van der Waals surface area contributed by atoms with E-state index in [4.69, 9.17) is 21.1 Å². The maximum atomic E-state index is 10.7. The Morgan fingerprint density at radius 2 is 2.06 bits per heavy atom. The van der Waals surface area contributed by atoms with E-state index in [9.17, 15) is 4.79 Å². The maximum Gasteiger partial charge on any atom is 0.371 e. The van der Waals surface area contributed by atoms with Crippen LogP contribution in [-0.4, -0.2) is 11.1 Å². The molecule has 0 bridgehead atoms. The highest BCUT2D eigenvalue weighted by Gasteiger charge is 2.12. The number of hydrogen-bond donors (Lipinski definition) is 1. The molecule has 0 aliphatic rings. The second-order valence-electron chi connectivity index (χ2n) is 3.09. The van der Waals surface area contributed by atoms with Gasteiger partial charge in [0.05, 0.1) is 0 Å². The molecule has 1 N–H and O–H groups in total. The number of carboxylic acids is 1. The van der Waals surface area contributed by atoms with Crippen LogP contribution in [-0.2, 0) is 0 Å². The Hall–Kier alpha value is -1.26. The number of aromatic carboxylic acids is 1. The van der Waals surface area contributed by atoms with Crippen molar-refractivity contribution in [2.45, 2.75) is 0 Å². The topological polar surface area (TPSA) is 50.4 Å². The Labute approximate surface area is 105 Å². The number of carboxylic acid groups (broad SMARTS) is 1. The van der Waals surface area contributed by atoms with Gasteiger partial charge in [0, 0.05) is 15.1 Å². The van der Waals surface area contributed by atoms with E-state index in [1.807, 2.05) is 0 Å². The summed E-state index contributed by atoms with van der Waals surface area (Å²) in [7, 11) is 0. The molecule has 1 heterocycles. The zero-order valence-corrected chi connectivity index (χ0v) is 10.2. The lowest BCUT2D eigenvalue weighted by atomic mass is 10.2. The first-order valence-electron chi connectivity index (χ1n) is 4.36. The zero-order chi connectivity index (χ0) is 11.7. The van der Waals surface area contributed by atoms with Gasteiger partial charge in [-0.05, 0) is 30.3 Å². The first-order valence-corrected chi connectivity index (χ1v) is 5.53. The predicted octanol–water partition coefficient (Wildman–Crippen LogP) is 4.06. The summed E-state index contributed by atoms with van der Waals surface area (Å²) in [5.41, 5.74) is 0.722. The smallest absolute Gasteiger partial charge is 0.371 e. The molecule has 2 rings (SSSR count). The molecular weight excluding hydrogens is 295 g/mol. The Morgan fingerprint density at radius 1 is 1.31 bits per heavy atom. The van der Waals surface area contributed by atoms with Crippen LogP contribution in [0, 0.1) is 0 Å². The summed E-state index contributed by atoms with van der Waals surface area (Å²) < 4.78 is 5.97.